The third kappa shape index (κ3) is 9.63. The molecule has 0 unspecified atom stereocenters. The summed E-state index contributed by atoms with van der Waals surface area (Å²) in [5.41, 5.74) is 13.6. The number of aromatic nitrogens is 4. The summed E-state index contributed by atoms with van der Waals surface area (Å²) < 4.78 is 26.0. The molecule has 0 bridgehead atoms. The van der Waals surface area contributed by atoms with Crippen molar-refractivity contribution in [2.45, 2.75) is 99.2 Å². The van der Waals surface area contributed by atoms with Crippen LogP contribution in [0.1, 0.15) is 80.5 Å². The molecule has 0 saturated carbocycles. The Bertz CT molecular complexity index is 3190. The van der Waals surface area contributed by atoms with E-state index < -0.39 is 14.4 Å². The van der Waals surface area contributed by atoms with E-state index in [1.165, 1.54) is 11.1 Å². The normalized spacial score (nSPS) is 12.8. The minimum atomic E-state index is -1.71. The number of para-hydroxylation sites is 2. The Kier molecular flexibility index (Phi) is 12.4. The third-order valence-electron chi connectivity index (χ3n) is 11.5. The molecule has 0 aliphatic rings. The molecule has 5 aromatic carbocycles. The van der Waals surface area contributed by atoms with Crippen LogP contribution in [0.2, 0.25) is 19.6 Å². The number of aryl methyl sites for hydroxylation is 1. The summed E-state index contributed by atoms with van der Waals surface area (Å²) in [4.78, 5) is 14.5. The van der Waals surface area contributed by atoms with Gasteiger partial charge in [-0.15, -0.1) is 53.6 Å². The van der Waals surface area contributed by atoms with E-state index >= 15 is 0 Å². The topological polar surface area (TPSA) is 56.7 Å². The molecule has 64 heavy (non-hydrogen) atoms. The van der Waals surface area contributed by atoms with Crippen LogP contribution in [-0.4, -0.2) is 27.6 Å². The van der Waals surface area contributed by atoms with E-state index in [9.17, 15) is 0 Å². The van der Waals surface area contributed by atoms with Crippen molar-refractivity contribution in [2.24, 2.45) is 5.92 Å². The van der Waals surface area contributed by atoms with E-state index in [0.717, 1.165) is 83.3 Å². The van der Waals surface area contributed by atoms with Crippen LogP contribution in [-0.2, 0) is 37.3 Å². The molecule has 0 atom stereocenters. The molecule has 1 radical (unpaired) electrons. The molecule has 0 amide bonds. The van der Waals surface area contributed by atoms with Crippen molar-refractivity contribution in [3.8, 4) is 39.5 Å². The quantitative estimate of drug-likeness (QED) is 0.118. The van der Waals surface area contributed by atoms with E-state index in [1.807, 2.05) is 63.4 Å². The number of nitrogens with zero attached hydrogens (tertiary/aromatic N) is 4. The molecule has 0 spiro atoms. The molecule has 0 fully saturated rings. The van der Waals surface area contributed by atoms with Crippen LogP contribution in [0.5, 0.6) is 0 Å². The molecule has 4 aromatic heterocycles. The van der Waals surface area contributed by atoms with Crippen molar-refractivity contribution >= 4 is 46.4 Å². The number of hydrogen-bond donors (Lipinski definition) is 0. The monoisotopic (exact) mass is 1040 g/mol. The number of pyridine rings is 2. The number of fused-ring (bicyclic) bond motifs is 4. The molecule has 4 heterocycles. The summed E-state index contributed by atoms with van der Waals surface area (Å²) in [7, 11) is -1.71. The fourth-order valence-corrected chi connectivity index (χ4v) is 9.48. The number of imidazole rings is 1. The maximum atomic E-state index is 8.69. The fourth-order valence-electron chi connectivity index (χ4n) is 8.08. The van der Waals surface area contributed by atoms with Crippen LogP contribution in [0.15, 0.2) is 132 Å². The van der Waals surface area contributed by atoms with Gasteiger partial charge in [0.2, 0.25) is 5.71 Å². The molecule has 0 aliphatic carbocycles. The van der Waals surface area contributed by atoms with Gasteiger partial charge in [-0.1, -0.05) is 146 Å². The molecule has 329 valence electrons. The molecule has 0 N–H and O–H groups in total. The van der Waals surface area contributed by atoms with E-state index in [2.05, 4.69) is 168 Å². The van der Waals surface area contributed by atoms with E-state index in [0.29, 0.717) is 5.71 Å². The Morgan fingerprint density at radius 1 is 0.750 bits per heavy atom. The first kappa shape index (κ1) is 43.8. The molecule has 0 aliphatic heterocycles. The van der Waals surface area contributed by atoms with E-state index in [4.69, 9.17) is 17.1 Å². The first-order valence-corrected chi connectivity index (χ1v) is 25.6. The Morgan fingerprint density at radius 3 is 2.14 bits per heavy atom. The summed E-state index contributed by atoms with van der Waals surface area (Å²) in [5, 5.41) is 3.11. The molecule has 5 nitrogen and oxygen atoms in total. The molecule has 9 aromatic rings. The van der Waals surface area contributed by atoms with Crippen LogP contribution in [0.3, 0.4) is 0 Å². The minimum absolute atomic E-state index is 0. The first-order valence-electron chi connectivity index (χ1n) is 23.1. The van der Waals surface area contributed by atoms with Crippen LogP contribution in [0, 0.1) is 25.0 Å². The maximum Gasteiger partial charge on any atom is 0.216 e. The Labute approximate surface area is 397 Å². The molecule has 7 heteroatoms. The van der Waals surface area contributed by atoms with Crippen LogP contribution in [0.4, 0.5) is 0 Å². The smallest absolute Gasteiger partial charge is 0.216 e. The number of benzene rings is 5. The summed E-state index contributed by atoms with van der Waals surface area (Å²) in [6.07, 6.45) is 0.531. The van der Waals surface area contributed by atoms with E-state index in [1.54, 1.807) is 0 Å². The van der Waals surface area contributed by atoms with Gasteiger partial charge in [0, 0.05) is 51.4 Å². The van der Waals surface area contributed by atoms with Crippen LogP contribution in [0.25, 0.3) is 72.6 Å². The fraction of sp³-hybridized carbons (Fsp3) is 0.281. The Hall–Kier alpha value is -5.46. The number of hydrogen-bond acceptors (Lipinski definition) is 4. The maximum absolute atomic E-state index is 8.69. The molecule has 0 saturated heterocycles. The Balaban J connectivity index is 0.000000211. The standard InChI is InChI=1S/C35H28N3O.C22H32NSi.Ir/c1-22-17-19-26-25-13-10-14-27(32(25)39-34(26)36-22)33-37-29-15-8-9-16-31(29)38(33)30-20-18-24(35(2,3)4)21-28(30)23-11-6-5-7-12-23;1-16(2)12-18-14-20(23-15-21(18)24(6,7)8)17-10-9-11-19(13-17)22(3,4)5;/h5-13,15-21H,1-4H3;9,11,13-16H,12H2,1-8H3;/q2*-1;/i;12D2;. The summed E-state index contributed by atoms with van der Waals surface area (Å²) in [5.74, 6) is 0.691. The predicted octanol–water partition coefficient (Wildman–Crippen LogP) is 14.6. The van der Waals surface area contributed by atoms with Gasteiger partial charge in [0.1, 0.15) is 0 Å². The van der Waals surface area contributed by atoms with Crippen molar-refractivity contribution in [3.63, 3.8) is 0 Å². The molecular formula is C57H60IrN4OSi-2. The average Bonchev–Trinajstić information content (AvgIpc) is 3.84. The summed E-state index contributed by atoms with van der Waals surface area (Å²) in [6.45, 7) is 25.9. The number of rotatable bonds is 7. The van der Waals surface area contributed by atoms with Gasteiger partial charge >= 0.3 is 0 Å². The first-order chi connectivity index (χ1) is 30.6. The number of furan rings is 1. The van der Waals surface area contributed by atoms with Crippen molar-refractivity contribution in [1.82, 2.24) is 19.5 Å². The van der Waals surface area contributed by atoms with Gasteiger partial charge in [-0.3, -0.25) is 4.98 Å². The SMILES string of the molecule is Cc1ccc2c(n1)oc1c(-c3nc4ccccc4n3-c3ccc(C(C)(C)C)cc3-c3ccccc3)[c-]ccc12.[2H]C([2H])(c1cc(-c2[c-]ccc(C(C)(C)C)c2)ncc1[Si](C)(C)C)C(C)C.[Ir]. The van der Waals surface area contributed by atoms with Gasteiger partial charge in [-0.05, 0) is 88.5 Å². The summed E-state index contributed by atoms with van der Waals surface area (Å²) >= 11 is 0. The second-order valence-electron chi connectivity index (χ2n) is 20.0. The van der Waals surface area contributed by atoms with Crippen LogP contribution < -0.4 is 5.19 Å². The third-order valence-corrected chi connectivity index (χ3v) is 13.5. The van der Waals surface area contributed by atoms with Gasteiger partial charge in [0.05, 0.1) is 30.5 Å². The van der Waals surface area contributed by atoms with Gasteiger partial charge in [0.25, 0.3) is 0 Å². The minimum Gasteiger partial charge on any atom is -0.486 e. The average molecular weight is 1040 g/mol. The van der Waals surface area contributed by atoms with Crippen molar-refractivity contribution in [2.75, 3.05) is 0 Å². The van der Waals surface area contributed by atoms with Crippen molar-refractivity contribution < 1.29 is 27.3 Å². The largest absolute Gasteiger partial charge is 0.486 e. The van der Waals surface area contributed by atoms with Crippen molar-refractivity contribution in [1.29, 1.82) is 0 Å². The molecular weight excluding hydrogens is 977 g/mol. The zero-order valence-corrected chi connectivity index (χ0v) is 42.6. The van der Waals surface area contributed by atoms with Crippen LogP contribution >= 0.6 is 0 Å². The van der Waals surface area contributed by atoms with Gasteiger partial charge in [-0.25, -0.2) is 4.98 Å². The predicted molar refractivity (Wildman–Crippen MR) is 268 cm³/mol. The van der Waals surface area contributed by atoms with E-state index in [-0.39, 0.29) is 36.9 Å². The van der Waals surface area contributed by atoms with Gasteiger partial charge in [0.15, 0.2) is 0 Å². The van der Waals surface area contributed by atoms with Gasteiger partial charge < -0.3 is 14.0 Å². The summed E-state index contributed by atoms with van der Waals surface area (Å²) in [6, 6.07) is 48.6. The second-order valence-corrected chi connectivity index (χ2v) is 25.1. The van der Waals surface area contributed by atoms with Crippen molar-refractivity contribution in [3.05, 3.63) is 162 Å². The zero-order valence-electron chi connectivity index (χ0n) is 41.2. The second kappa shape index (κ2) is 18.2. The molecule has 9 rings (SSSR count). The Morgan fingerprint density at radius 2 is 1.44 bits per heavy atom. The van der Waals surface area contributed by atoms with Gasteiger partial charge in [-0.2, -0.15) is 0 Å². The zero-order chi connectivity index (χ0) is 46.6.